The van der Waals surface area contributed by atoms with Gasteiger partial charge in [0.25, 0.3) is 5.91 Å². The lowest BCUT2D eigenvalue weighted by atomic mass is 10.5. The van der Waals surface area contributed by atoms with Gasteiger partial charge in [-0.1, -0.05) is 0 Å². The summed E-state index contributed by atoms with van der Waals surface area (Å²) < 4.78 is 24.2. The summed E-state index contributed by atoms with van der Waals surface area (Å²) in [5.41, 5.74) is 10.4. The van der Waals surface area contributed by atoms with E-state index in [0.29, 0.717) is 0 Å². The molecule has 52 valence electrons. The van der Waals surface area contributed by atoms with Gasteiger partial charge in [-0.15, -0.1) is 0 Å². The Balaban J connectivity index is 2.34. The molecule has 3 heterocycles. The van der Waals surface area contributed by atoms with Crippen LogP contribution in [0, 0.1) is 0 Å². The normalized spacial score (nSPS) is 63.6. The number of fused-ring (bicyclic) bond motifs is 1. The first kappa shape index (κ1) is 5.79. The first-order chi connectivity index (χ1) is 4.04. The lowest BCUT2D eigenvalue weighted by Gasteiger charge is -2.30. The molecule has 0 radical (unpaired) electrons. The predicted octanol–water partition coefficient (Wildman–Crippen LogP) is -0.931. The molecule has 0 aliphatic carbocycles. The van der Waals surface area contributed by atoms with E-state index in [4.69, 9.17) is 11.5 Å². The highest BCUT2D eigenvalue weighted by atomic mass is 31.2. The van der Waals surface area contributed by atoms with Gasteiger partial charge in [-0.05, 0) is 0 Å². The molecule has 0 saturated carbocycles. The zero-order chi connectivity index (χ0) is 6.70. The minimum Gasteiger partial charge on any atom is -0.300 e. The minimum absolute atomic E-state index is 0.927. The Hall–Kier alpha value is 0.0300. The number of nitrogens with two attached hydrogens (primary N) is 2. The van der Waals surface area contributed by atoms with Crippen molar-refractivity contribution in [3.05, 3.63) is 0 Å². The first-order valence-electron chi connectivity index (χ1n) is 2.28. The molecule has 0 aromatic carbocycles. The van der Waals surface area contributed by atoms with E-state index < -0.39 is 20.0 Å². The molecule has 9 heavy (non-hydrogen) atoms. The van der Waals surface area contributed by atoms with Gasteiger partial charge in [-0.25, -0.2) is 13.6 Å². The van der Waals surface area contributed by atoms with Crippen LogP contribution >= 0.6 is 7.82 Å². The molecule has 3 fully saturated rings. The van der Waals surface area contributed by atoms with Gasteiger partial charge in [0.2, 0.25) is 0 Å². The third kappa shape index (κ3) is 0.551. The van der Waals surface area contributed by atoms with Crippen LogP contribution in [-0.2, 0) is 18.1 Å². The lowest BCUT2D eigenvalue weighted by molar-refractivity contribution is -0.177. The molecular weight excluding hydrogens is 147 g/mol. The fourth-order valence-corrected chi connectivity index (χ4v) is 2.15. The summed E-state index contributed by atoms with van der Waals surface area (Å²) >= 11 is 0. The first-order valence-corrected chi connectivity index (χ1v) is 3.75. The van der Waals surface area contributed by atoms with E-state index in [-0.39, 0.29) is 0 Å². The topological polar surface area (TPSA) is 96.8 Å². The Morgan fingerprint density at radius 2 is 2.11 bits per heavy atom. The van der Waals surface area contributed by atoms with Crippen molar-refractivity contribution in [1.29, 1.82) is 0 Å². The molecule has 3 saturated heterocycles. The third-order valence-corrected chi connectivity index (χ3v) is 2.65. The van der Waals surface area contributed by atoms with Gasteiger partial charge in [-0.2, -0.15) is 0 Å². The Morgan fingerprint density at radius 3 is 2.22 bits per heavy atom. The number of rotatable bonds is 0. The molecule has 0 spiro atoms. The molecule has 4 N–H and O–H groups in total. The van der Waals surface area contributed by atoms with Crippen molar-refractivity contribution >= 4 is 7.82 Å². The molecule has 3 aliphatic rings. The van der Waals surface area contributed by atoms with E-state index in [1.54, 1.807) is 0 Å². The zero-order valence-corrected chi connectivity index (χ0v) is 5.21. The van der Waals surface area contributed by atoms with Gasteiger partial charge in [0.1, 0.15) is 0 Å². The third-order valence-electron chi connectivity index (χ3n) is 1.15. The summed E-state index contributed by atoms with van der Waals surface area (Å²) in [6, 6.07) is 0. The predicted molar refractivity (Wildman–Crippen MR) is 25.8 cm³/mol. The average molecular weight is 152 g/mol. The van der Waals surface area contributed by atoms with Crippen molar-refractivity contribution in [2.45, 2.75) is 12.1 Å². The van der Waals surface area contributed by atoms with Crippen LogP contribution < -0.4 is 11.5 Å². The molecule has 3 aliphatic heterocycles. The van der Waals surface area contributed by atoms with Crippen molar-refractivity contribution in [3.8, 4) is 0 Å². The Bertz CT molecular complexity index is 186. The van der Waals surface area contributed by atoms with Crippen LogP contribution in [0.3, 0.4) is 0 Å². The van der Waals surface area contributed by atoms with Gasteiger partial charge in [-0.3, -0.25) is 16.0 Å². The smallest absolute Gasteiger partial charge is 0.300 e. The van der Waals surface area contributed by atoms with Crippen molar-refractivity contribution in [2.24, 2.45) is 11.5 Å². The molecule has 3 rings (SSSR count). The fraction of sp³-hybridized carbons (Fsp3) is 1.00. The second kappa shape index (κ2) is 1.22. The summed E-state index contributed by atoms with van der Waals surface area (Å²) in [5.74, 6) is -1.45. The minimum atomic E-state index is -3.27. The molecule has 7 heteroatoms. The SMILES string of the molecule is NC1OP2(=O)OC1(N)O2. The van der Waals surface area contributed by atoms with E-state index in [2.05, 4.69) is 13.6 Å². The van der Waals surface area contributed by atoms with Crippen molar-refractivity contribution in [3.63, 3.8) is 0 Å². The Kier molecular flexibility index (Phi) is 0.785. The second-order valence-corrected chi connectivity index (χ2v) is 3.35. The van der Waals surface area contributed by atoms with Crippen LogP contribution in [-0.4, -0.2) is 12.1 Å². The highest BCUT2D eigenvalue weighted by Gasteiger charge is 2.68. The molecule has 6 nitrogen and oxygen atoms in total. The van der Waals surface area contributed by atoms with Crippen LogP contribution in [0.1, 0.15) is 0 Å². The van der Waals surface area contributed by atoms with E-state index >= 15 is 0 Å². The van der Waals surface area contributed by atoms with Gasteiger partial charge in [0.05, 0.1) is 0 Å². The molecule has 1 atom stereocenters. The summed E-state index contributed by atoms with van der Waals surface area (Å²) in [4.78, 5) is 0. The molecule has 2 bridgehead atoms. The molecule has 0 amide bonds. The number of hydrogen-bond donors (Lipinski definition) is 2. The second-order valence-electron chi connectivity index (χ2n) is 1.88. The van der Waals surface area contributed by atoms with Gasteiger partial charge in [0, 0.05) is 0 Å². The van der Waals surface area contributed by atoms with Crippen molar-refractivity contribution in [1.82, 2.24) is 0 Å². The Labute approximate surface area is 50.7 Å². The summed E-state index contributed by atoms with van der Waals surface area (Å²) in [6.07, 6.45) is -0.927. The largest absolute Gasteiger partial charge is 0.484 e. The summed E-state index contributed by atoms with van der Waals surface area (Å²) in [7, 11) is -3.27. The zero-order valence-electron chi connectivity index (χ0n) is 4.31. The maximum atomic E-state index is 10.7. The summed E-state index contributed by atoms with van der Waals surface area (Å²) in [6.45, 7) is 0. The quantitative estimate of drug-likeness (QED) is 0.435. The highest BCUT2D eigenvalue weighted by molar-refractivity contribution is 7.50. The van der Waals surface area contributed by atoms with E-state index in [1.807, 2.05) is 0 Å². The standard InChI is InChI=1S/C2H5N2O4P/c3-1-2(4)7-9(5,6-1)8-2/h1H,3-4H2. The maximum absolute atomic E-state index is 10.7. The van der Waals surface area contributed by atoms with Crippen LogP contribution in [0.2, 0.25) is 0 Å². The van der Waals surface area contributed by atoms with Crippen LogP contribution in [0.15, 0.2) is 0 Å². The number of phosphoric acid groups is 1. The van der Waals surface area contributed by atoms with Crippen molar-refractivity contribution < 1.29 is 18.1 Å². The van der Waals surface area contributed by atoms with Gasteiger partial charge < -0.3 is 0 Å². The highest BCUT2D eigenvalue weighted by Crippen LogP contribution is 2.71. The van der Waals surface area contributed by atoms with E-state index in [0.717, 1.165) is 0 Å². The maximum Gasteiger partial charge on any atom is 0.484 e. The van der Waals surface area contributed by atoms with Gasteiger partial charge in [0.15, 0.2) is 6.23 Å². The van der Waals surface area contributed by atoms with Gasteiger partial charge >= 0.3 is 7.82 Å². The van der Waals surface area contributed by atoms with Crippen LogP contribution in [0.25, 0.3) is 0 Å². The van der Waals surface area contributed by atoms with E-state index in [9.17, 15) is 4.57 Å². The molecule has 0 aromatic heterocycles. The van der Waals surface area contributed by atoms with Crippen LogP contribution in [0.4, 0.5) is 0 Å². The monoisotopic (exact) mass is 152 g/mol. The molecular formula is C2H5N2O4P. The Morgan fingerprint density at radius 1 is 1.56 bits per heavy atom. The molecule has 0 aromatic rings. The van der Waals surface area contributed by atoms with Crippen LogP contribution in [0.5, 0.6) is 0 Å². The average Bonchev–Trinajstić information content (AvgIpc) is 1.85. The number of hydrogen-bond acceptors (Lipinski definition) is 6. The fourth-order valence-electron chi connectivity index (χ4n) is 0.716. The molecule has 1 unspecified atom stereocenters. The van der Waals surface area contributed by atoms with Crippen molar-refractivity contribution in [2.75, 3.05) is 0 Å². The summed E-state index contributed by atoms with van der Waals surface area (Å²) in [5, 5.41) is 0. The number of phosphoric ester groups is 1. The van der Waals surface area contributed by atoms with E-state index in [1.165, 1.54) is 0 Å². The lowest BCUT2D eigenvalue weighted by Crippen LogP contribution is -2.56.